The van der Waals surface area contributed by atoms with Crippen LogP contribution in [0.3, 0.4) is 0 Å². The molecular formula is C9H21N. The quantitative estimate of drug-likeness (QED) is 0.622. The van der Waals surface area contributed by atoms with Crippen molar-refractivity contribution in [2.45, 2.75) is 33.6 Å². The molecule has 1 N–H and O–H groups in total. The Balaban J connectivity index is 3.39. The van der Waals surface area contributed by atoms with Gasteiger partial charge in [0.1, 0.15) is 0 Å². The molecule has 0 saturated carbocycles. The lowest BCUT2D eigenvalue weighted by atomic mass is 9.95. The van der Waals surface area contributed by atoms with Crippen molar-refractivity contribution in [3.63, 3.8) is 0 Å². The lowest BCUT2D eigenvalue weighted by Gasteiger charge is -2.15. The molecular weight excluding hydrogens is 122 g/mol. The van der Waals surface area contributed by atoms with E-state index in [0.717, 1.165) is 11.8 Å². The minimum atomic E-state index is 0.846. The van der Waals surface area contributed by atoms with Crippen molar-refractivity contribution >= 4 is 0 Å². The predicted octanol–water partition coefficient (Wildman–Crippen LogP) is 2.28. The van der Waals surface area contributed by atoms with E-state index in [1.54, 1.807) is 0 Å². The van der Waals surface area contributed by atoms with Crippen LogP contribution in [0, 0.1) is 11.8 Å². The third kappa shape index (κ3) is 4.80. The first-order valence-electron chi connectivity index (χ1n) is 4.35. The summed E-state index contributed by atoms with van der Waals surface area (Å²) < 4.78 is 0. The largest absolute Gasteiger partial charge is 0.319 e. The van der Waals surface area contributed by atoms with E-state index in [4.69, 9.17) is 0 Å². The molecule has 62 valence electrons. The van der Waals surface area contributed by atoms with Gasteiger partial charge < -0.3 is 5.32 Å². The Morgan fingerprint density at radius 1 is 1.30 bits per heavy atom. The van der Waals surface area contributed by atoms with Crippen molar-refractivity contribution in [2.75, 3.05) is 13.6 Å². The van der Waals surface area contributed by atoms with Crippen LogP contribution >= 0.6 is 0 Å². The van der Waals surface area contributed by atoms with Gasteiger partial charge in [0.05, 0.1) is 0 Å². The number of nitrogens with one attached hydrogen (secondary N) is 1. The summed E-state index contributed by atoms with van der Waals surface area (Å²) in [7, 11) is 2.03. The highest BCUT2D eigenvalue weighted by atomic mass is 14.8. The van der Waals surface area contributed by atoms with E-state index in [0.29, 0.717) is 0 Å². The van der Waals surface area contributed by atoms with Gasteiger partial charge in [-0.25, -0.2) is 0 Å². The fourth-order valence-corrected chi connectivity index (χ4v) is 1.35. The molecule has 1 atom stereocenters. The summed E-state index contributed by atoms with van der Waals surface area (Å²) >= 11 is 0. The third-order valence-corrected chi connectivity index (χ3v) is 1.87. The molecule has 10 heavy (non-hydrogen) atoms. The van der Waals surface area contributed by atoms with Gasteiger partial charge in [-0.2, -0.15) is 0 Å². The minimum Gasteiger partial charge on any atom is -0.319 e. The van der Waals surface area contributed by atoms with E-state index in [2.05, 4.69) is 26.1 Å². The topological polar surface area (TPSA) is 12.0 Å². The summed E-state index contributed by atoms with van der Waals surface area (Å²) in [6.45, 7) is 8.02. The smallest absolute Gasteiger partial charge is 0.00235 e. The summed E-state index contributed by atoms with van der Waals surface area (Å²) in [4.78, 5) is 0. The summed E-state index contributed by atoms with van der Waals surface area (Å²) in [6, 6.07) is 0. The molecule has 0 saturated heterocycles. The highest BCUT2D eigenvalue weighted by Gasteiger charge is 2.06. The maximum atomic E-state index is 3.22. The molecule has 0 heterocycles. The molecule has 0 radical (unpaired) electrons. The average Bonchev–Trinajstić information content (AvgIpc) is 1.86. The zero-order valence-corrected chi connectivity index (χ0v) is 7.78. The lowest BCUT2D eigenvalue weighted by Crippen LogP contribution is -2.19. The first kappa shape index (κ1) is 9.96. The molecule has 0 fully saturated rings. The van der Waals surface area contributed by atoms with Gasteiger partial charge in [0.15, 0.2) is 0 Å². The normalized spacial score (nSPS) is 14.1. The van der Waals surface area contributed by atoms with Gasteiger partial charge in [-0.05, 0) is 31.8 Å². The van der Waals surface area contributed by atoms with Gasteiger partial charge in [0, 0.05) is 0 Å². The number of hydrogen-bond donors (Lipinski definition) is 1. The van der Waals surface area contributed by atoms with Crippen molar-refractivity contribution in [2.24, 2.45) is 11.8 Å². The van der Waals surface area contributed by atoms with Crippen LogP contribution in [-0.4, -0.2) is 13.6 Å². The Bertz CT molecular complexity index is 69.1. The van der Waals surface area contributed by atoms with Gasteiger partial charge in [-0.15, -0.1) is 0 Å². The molecule has 0 rings (SSSR count). The summed E-state index contributed by atoms with van der Waals surface area (Å²) in [5.41, 5.74) is 0. The second-order valence-electron chi connectivity index (χ2n) is 3.46. The Labute approximate surface area is 65.2 Å². The molecule has 1 unspecified atom stereocenters. The van der Waals surface area contributed by atoms with Crippen LogP contribution in [-0.2, 0) is 0 Å². The zero-order valence-electron chi connectivity index (χ0n) is 7.78. The highest BCUT2D eigenvalue weighted by Crippen LogP contribution is 2.13. The van der Waals surface area contributed by atoms with Gasteiger partial charge in [0.25, 0.3) is 0 Å². The van der Waals surface area contributed by atoms with Gasteiger partial charge >= 0.3 is 0 Å². The fourth-order valence-electron chi connectivity index (χ4n) is 1.35. The molecule has 0 aromatic rings. The first-order chi connectivity index (χ1) is 4.70. The third-order valence-electron chi connectivity index (χ3n) is 1.87. The second kappa shape index (κ2) is 5.72. The molecule has 1 nitrogen and oxygen atoms in total. The van der Waals surface area contributed by atoms with Gasteiger partial charge in [0.2, 0.25) is 0 Å². The van der Waals surface area contributed by atoms with Crippen LogP contribution in [0.1, 0.15) is 33.6 Å². The average molecular weight is 143 g/mol. The highest BCUT2D eigenvalue weighted by molar-refractivity contribution is 4.60. The van der Waals surface area contributed by atoms with Crippen LogP contribution in [0.4, 0.5) is 0 Å². The van der Waals surface area contributed by atoms with E-state index in [1.807, 2.05) is 7.05 Å². The fraction of sp³-hybridized carbons (Fsp3) is 1.00. The number of hydrogen-bond acceptors (Lipinski definition) is 1. The monoisotopic (exact) mass is 143 g/mol. The van der Waals surface area contributed by atoms with E-state index < -0.39 is 0 Å². The molecule has 0 aliphatic rings. The van der Waals surface area contributed by atoms with Crippen molar-refractivity contribution in [3.05, 3.63) is 0 Å². The first-order valence-corrected chi connectivity index (χ1v) is 4.35. The SMILES string of the molecule is CCC(CNC)CC(C)C. The maximum absolute atomic E-state index is 3.22. The standard InChI is InChI=1S/C9H21N/c1-5-9(7-10-4)6-8(2)3/h8-10H,5-7H2,1-4H3. The van der Waals surface area contributed by atoms with Gasteiger partial charge in [-0.3, -0.25) is 0 Å². The molecule has 0 aromatic heterocycles. The Kier molecular flexibility index (Phi) is 5.70. The van der Waals surface area contributed by atoms with Crippen molar-refractivity contribution in [1.29, 1.82) is 0 Å². The van der Waals surface area contributed by atoms with Crippen molar-refractivity contribution in [3.8, 4) is 0 Å². The van der Waals surface area contributed by atoms with Crippen LogP contribution < -0.4 is 5.32 Å². The minimum absolute atomic E-state index is 0.846. The molecule has 0 amide bonds. The van der Waals surface area contributed by atoms with Crippen LogP contribution in [0.2, 0.25) is 0 Å². The molecule has 1 heteroatoms. The van der Waals surface area contributed by atoms with Crippen LogP contribution in [0.15, 0.2) is 0 Å². The predicted molar refractivity (Wildman–Crippen MR) is 47.2 cm³/mol. The zero-order chi connectivity index (χ0) is 7.98. The molecule has 0 aromatic carbocycles. The molecule has 0 bridgehead atoms. The Hall–Kier alpha value is -0.0400. The van der Waals surface area contributed by atoms with Crippen LogP contribution in [0.5, 0.6) is 0 Å². The van der Waals surface area contributed by atoms with Crippen LogP contribution in [0.25, 0.3) is 0 Å². The lowest BCUT2D eigenvalue weighted by molar-refractivity contribution is 0.387. The van der Waals surface area contributed by atoms with E-state index in [-0.39, 0.29) is 0 Å². The molecule has 0 aliphatic carbocycles. The Morgan fingerprint density at radius 3 is 2.20 bits per heavy atom. The maximum Gasteiger partial charge on any atom is -0.00235 e. The summed E-state index contributed by atoms with van der Waals surface area (Å²) in [5.74, 6) is 1.73. The second-order valence-corrected chi connectivity index (χ2v) is 3.46. The van der Waals surface area contributed by atoms with Crippen molar-refractivity contribution in [1.82, 2.24) is 5.32 Å². The summed E-state index contributed by atoms with van der Waals surface area (Å²) in [6.07, 6.45) is 2.66. The summed E-state index contributed by atoms with van der Waals surface area (Å²) in [5, 5.41) is 3.22. The Morgan fingerprint density at radius 2 is 1.90 bits per heavy atom. The number of rotatable bonds is 5. The van der Waals surface area contributed by atoms with E-state index >= 15 is 0 Å². The molecule has 0 spiro atoms. The van der Waals surface area contributed by atoms with E-state index in [9.17, 15) is 0 Å². The van der Waals surface area contributed by atoms with Gasteiger partial charge in [-0.1, -0.05) is 27.2 Å². The van der Waals surface area contributed by atoms with Crippen molar-refractivity contribution < 1.29 is 0 Å². The van der Waals surface area contributed by atoms with E-state index in [1.165, 1.54) is 19.4 Å². The molecule has 0 aliphatic heterocycles.